The first kappa shape index (κ1) is 14.3. The number of benzene rings is 1. The van der Waals surface area contributed by atoms with Crippen molar-refractivity contribution < 1.29 is 14.8 Å². The van der Waals surface area contributed by atoms with Crippen molar-refractivity contribution in [1.29, 1.82) is 0 Å². The fourth-order valence-corrected chi connectivity index (χ4v) is 2.23. The summed E-state index contributed by atoms with van der Waals surface area (Å²) in [5, 5.41) is 21.3. The summed E-state index contributed by atoms with van der Waals surface area (Å²) in [7, 11) is 0. The van der Waals surface area contributed by atoms with E-state index in [0.717, 1.165) is 0 Å². The molecule has 1 aromatic carbocycles. The van der Waals surface area contributed by atoms with Crippen molar-refractivity contribution in [2.45, 2.75) is 19.4 Å². The van der Waals surface area contributed by atoms with E-state index in [1.54, 1.807) is 4.90 Å². The van der Waals surface area contributed by atoms with Gasteiger partial charge in [-0.25, -0.2) is 0 Å². The summed E-state index contributed by atoms with van der Waals surface area (Å²) < 4.78 is 0. The van der Waals surface area contributed by atoms with E-state index in [9.17, 15) is 20.0 Å². The Morgan fingerprint density at radius 3 is 2.55 bits per heavy atom. The van der Waals surface area contributed by atoms with E-state index in [4.69, 9.17) is 5.73 Å². The van der Waals surface area contributed by atoms with Crippen LogP contribution < -0.4 is 10.6 Å². The molecular weight excluding hydrogens is 262 g/mol. The van der Waals surface area contributed by atoms with Gasteiger partial charge in [-0.05, 0) is 18.1 Å². The number of carbonyl (C=O) groups is 1. The van der Waals surface area contributed by atoms with Crippen molar-refractivity contribution in [3.8, 4) is 0 Å². The lowest BCUT2D eigenvalue weighted by molar-refractivity contribution is -0.384. The molecule has 1 fully saturated rings. The Morgan fingerprint density at radius 2 is 2.10 bits per heavy atom. The molecular formula is C13H17N3O4. The number of amides is 1. The van der Waals surface area contributed by atoms with Crippen LogP contribution >= 0.6 is 0 Å². The van der Waals surface area contributed by atoms with Crippen LogP contribution in [0.15, 0.2) is 18.2 Å². The molecule has 2 rings (SSSR count). The average molecular weight is 279 g/mol. The summed E-state index contributed by atoms with van der Waals surface area (Å²) in [4.78, 5) is 23.4. The van der Waals surface area contributed by atoms with Crippen LogP contribution in [0.2, 0.25) is 0 Å². The molecule has 1 aliphatic heterocycles. The maximum absolute atomic E-state index is 11.2. The lowest BCUT2D eigenvalue weighted by atomic mass is 9.82. The van der Waals surface area contributed by atoms with E-state index in [-0.39, 0.29) is 17.2 Å². The van der Waals surface area contributed by atoms with Gasteiger partial charge in [0.25, 0.3) is 5.69 Å². The van der Waals surface area contributed by atoms with Crippen LogP contribution in [0.25, 0.3) is 0 Å². The SMILES string of the molecule is CC(C)C1(O)CN(c2cc(C(N)=O)ccc2[N+](=O)[O-])C1. The van der Waals surface area contributed by atoms with E-state index in [1.165, 1.54) is 18.2 Å². The number of primary amides is 1. The van der Waals surface area contributed by atoms with E-state index in [1.807, 2.05) is 13.8 Å². The molecule has 0 saturated carbocycles. The molecule has 0 aromatic heterocycles. The molecule has 0 spiro atoms. The van der Waals surface area contributed by atoms with Crippen LogP contribution in [0.4, 0.5) is 11.4 Å². The molecule has 7 nitrogen and oxygen atoms in total. The molecule has 0 radical (unpaired) electrons. The highest BCUT2D eigenvalue weighted by Gasteiger charge is 2.45. The fraction of sp³-hybridized carbons (Fsp3) is 0.462. The maximum Gasteiger partial charge on any atom is 0.292 e. The van der Waals surface area contributed by atoms with E-state index >= 15 is 0 Å². The summed E-state index contributed by atoms with van der Waals surface area (Å²) in [5.41, 5.74) is 4.78. The van der Waals surface area contributed by atoms with Gasteiger partial charge >= 0.3 is 0 Å². The van der Waals surface area contributed by atoms with Gasteiger partial charge in [0.1, 0.15) is 11.3 Å². The topological polar surface area (TPSA) is 110 Å². The monoisotopic (exact) mass is 279 g/mol. The van der Waals surface area contributed by atoms with E-state index < -0.39 is 16.4 Å². The summed E-state index contributed by atoms with van der Waals surface area (Å²) in [5.74, 6) is -0.585. The van der Waals surface area contributed by atoms with Gasteiger partial charge in [-0.3, -0.25) is 14.9 Å². The smallest absolute Gasteiger partial charge is 0.292 e. The van der Waals surface area contributed by atoms with Crippen LogP contribution in [0, 0.1) is 16.0 Å². The first-order valence-electron chi connectivity index (χ1n) is 6.30. The number of hydrogen-bond acceptors (Lipinski definition) is 5. The average Bonchev–Trinajstić information content (AvgIpc) is 2.33. The minimum Gasteiger partial charge on any atom is -0.386 e. The second kappa shape index (κ2) is 4.75. The van der Waals surface area contributed by atoms with Crippen LogP contribution in [0.5, 0.6) is 0 Å². The van der Waals surface area contributed by atoms with E-state index in [0.29, 0.717) is 18.8 Å². The number of rotatable bonds is 4. The third-order valence-corrected chi connectivity index (χ3v) is 3.80. The third kappa shape index (κ3) is 2.32. The summed E-state index contributed by atoms with van der Waals surface area (Å²) in [6, 6.07) is 4.00. The van der Waals surface area contributed by atoms with Crippen molar-refractivity contribution in [1.82, 2.24) is 0 Å². The number of nitro benzene ring substituents is 1. The third-order valence-electron chi connectivity index (χ3n) is 3.80. The Bertz CT molecular complexity index is 565. The molecule has 7 heteroatoms. The van der Waals surface area contributed by atoms with E-state index in [2.05, 4.69) is 0 Å². The van der Waals surface area contributed by atoms with Crippen molar-refractivity contribution in [3.05, 3.63) is 33.9 Å². The Balaban J connectivity index is 2.33. The largest absolute Gasteiger partial charge is 0.386 e. The number of aliphatic hydroxyl groups is 1. The Morgan fingerprint density at radius 1 is 1.50 bits per heavy atom. The lowest BCUT2D eigenvalue weighted by Gasteiger charge is -2.50. The number of carbonyl (C=O) groups excluding carboxylic acids is 1. The van der Waals surface area contributed by atoms with Gasteiger partial charge in [-0.15, -0.1) is 0 Å². The molecule has 3 N–H and O–H groups in total. The predicted octanol–water partition coefficient (Wildman–Crippen LogP) is 0.901. The number of nitrogens with zero attached hydrogens (tertiary/aromatic N) is 2. The Labute approximate surface area is 116 Å². The molecule has 1 amide bonds. The standard InChI is InChI=1S/C13H17N3O4/c1-8(2)13(18)6-15(7-13)11-5-9(12(14)17)3-4-10(11)16(19)20/h3-5,8,18H,6-7H2,1-2H3,(H2,14,17). The quantitative estimate of drug-likeness (QED) is 0.628. The van der Waals surface area contributed by atoms with Crippen molar-refractivity contribution in [2.75, 3.05) is 18.0 Å². The normalized spacial score (nSPS) is 16.9. The second-order valence-corrected chi connectivity index (χ2v) is 5.44. The number of nitro groups is 1. The van der Waals surface area contributed by atoms with Gasteiger partial charge in [-0.1, -0.05) is 13.8 Å². The maximum atomic E-state index is 11.2. The summed E-state index contributed by atoms with van der Waals surface area (Å²) >= 11 is 0. The molecule has 0 atom stereocenters. The zero-order chi connectivity index (χ0) is 15.1. The predicted molar refractivity (Wildman–Crippen MR) is 73.6 cm³/mol. The Hall–Kier alpha value is -2.15. The molecule has 0 unspecified atom stereocenters. The minimum absolute atomic E-state index is 0.0529. The van der Waals surface area contributed by atoms with Crippen LogP contribution in [-0.2, 0) is 0 Å². The molecule has 108 valence electrons. The van der Waals surface area contributed by atoms with Crippen molar-refractivity contribution >= 4 is 17.3 Å². The highest BCUT2D eigenvalue weighted by atomic mass is 16.6. The van der Waals surface area contributed by atoms with Crippen LogP contribution in [0.1, 0.15) is 24.2 Å². The second-order valence-electron chi connectivity index (χ2n) is 5.44. The zero-order valence-electron chi connectivity index (χ0n) is 11.4. The lowest BCUT2D eigenvalue weighted by Crippen LogP contribution is -2.64. The summed E-state index contributed by atoms with van der Waals surface area (Å²) in [6.07, 6.45) is 0. The van der Waals surface area contributed by atoms with Gasteiger partial charge in [0, 0.05) is 24.7 Å². The molecule has 1 heterocycles. The number of nitrogens with two attached hydrogens (primary N) is 1. The number of anilines is 1. The number of β-amino-alcohol motifs (C(OH)–C–C–N with tert-alkyl or cyclic N) is 1. The fourth-order valence-electron chi connectivity index (χ4n) is 2.23. The first-order valence-corrected chi connectivity index (χ1v) is 6.30. The van der Waals surface area contributed by atoms with Gasteiger partial charge in [-0.2, -0.15) is 0 Å². The molecule has 0 aliphatic carbocycles. The van der Waals surface area contributed by atoms with Crippen molar-refractivity contribution in [3.63, 3.8) is 0 Å². The highest BCUT2D eigenvalue weighted by molar-refractivity contribution is 5.94. The van der Waals surface area contributed by atoms with Gasteiger partial charge in [0.05, 0.1) is 4.92 Å². The molecule has 1 saturated heterocycles. The first-order chi connectivity index (χ1) is 9.24. The van der Waals surface area contributed by atoms with Crippen molar-refractivity contribution in [2.24, 2.45) is 11.7 Å². The molecule has 0 bridgehead atoms. The number of hydrogen-bond donors (Lipinski definition) is 2. The van der Waals surface area contributed by atoms with Gasteiger partial charge < -0.3 is 15.7 Å². The van der Waals surface area contributed by atoms with Crippen LogP contribution in [-0.4, -0.2) is 34.6 Å². The zero-order valence-corrected chi connectivity index (χ0v) is 11.4. The molecule has 1 aromatic rings. The Kier molecular flexibility index (Phi) is 3.39. The highest BCUT2D eigenvalue weighted by Crippen LogP contribution is 2.38. The molecule has 1 aliphatic rings. The summed E-state index contributed by atoms with van der Waals surface area (Å²) in [6.45, 7) is 4.39. The minimum atomic E-state index is -0.851. The van der Waals surface area contributed by atoms with Crippen LogP contribution in [0.3, 0.4) is 0 Å². The molecule has 20 heavy (non-hydrogen) atoms. The van der Waals surface area contributed by atoms with Gasteiger partial charge in [0.15, 0.2) is 0 Å². The van der Waals surface area contributed by atoms with Gasteiger partial charge in [0.2, 0.25) is 5.91 Å².